The number of hydrogen-bond donors (Lipinski definition) is 3. The number of hydrogen-bond acceptors (Lipinski definition) is 3. The molecule has 0 aromatic heterocycles. The summed E-state index contributed by atoms with van der Waals surface area (Å²) in [7, 11) is 0. The molecule has 1 heterocycles. The number of nitrogens with one attached hydrogen (secondary N) is 2. The van der Waals surface area contributed by atoms with Gasteiger partial charge in [-0.2, -0.15) is 0 Å². The minimum Gasteiger partial charge on any atom is -0.352 e. The Hall–Kier alpha value is -1.39. The van der Waals surface area contributed by atoms with Crippen LogP contribution in [0.2, 0.25) is 0 Å². The lowest BCUT2D eigenvalue weighted by atomic mass is 10.1. The van der Waals surface area contributed by atoms with E-state index in [9.17, 15) is 4.79 Å². The van der Waals surface area contributed by atoms with Crippen molar-refractivity contribution in [2.24, 2.45) is 5.73 Å². The van der Waals surface area contributed by atoms with Gasteiger partial charge in [0.2, 0.25) is 0 Å². The van der Waals surface area contributed by atoms with Gasteiger partial charge < -0.3 is 16.4 Å². The summed E-state index contributed by atoms with van der Waals surface area (Å²) in [6.45, 7) is 3.02. The zero-order valence-electron chi connectivity index (χ0n) is 9.25. The fourth-order valence-corrected chi connectivity index (χ4v) is 1.84. The Morgan fingerprint density at radius 1 is 1.38 bits per heavy atom. The van der Waals surface area contributed by atoms with Crippen molar-refractivity contribution in [3.63, 3.8) is 0 Å². The highest BCUT2D eigenvalue weighted by Crippen LogP contribution is 2.16. The molecule has 0 spiro atoms. The van der Waals surface area contributed by atoms with Crippen LogP contribution in [-0.4, -0.2) is 19.0 Å². The number of amides is 1. The molecule has 1 amide bonds. The first-order valence-electron chi connectivity index (χ1n) is 5.62. The van der Waals surface area contributed by atoms with Crippen molar-refractivity contribution in [3.8, 4) is 0 Å². The second-order valence-electron chi connectivity index (χ2n) is 3.99. The lowest BCUT2D eigenvalue weighted by Crippen LogP contribution is -2.26. The Bertz CT molecular complexity index is 390. The van der Waals surface area contributed by atoms with Crippen molar-refractivity contribution in [1.82, 2.24) is 10.6 Å². The van der Waals surface area contributed by atoms with Gasteiger partial charge in [-0.15, -0.1) is 0 Å². The summed E-state index contributed by atoms with van der Waals surface area (Å²) in [5.41, 5.74) is 8.62. The van der Waals surface area contributed by atoms with Crippen LogP contribution in [0.4, 0.5) is 0 Å². The van der Waals surface area contributed by atoms with Gasteiger partial charge in [-0.1, -0.05) is 6.07 Å². The molecule has 0 unspecified atom stereocenters. The van der Waals surface area contributed by atoms with Gasteiger partial charge in [0.1, 0.15) is 0 Å². The number of carbonyl (C=O) groups excluding carboxylic acids is 1. The largest absolute Gasteiger partial charge is 0.352 e. The molecule has 1 aromatic carbocycles. The van der Waals surface area contributed by atoms with Crippen LogP contribution in [0.25, 0.3) is 0 Å². The van der Waals surface area contributed by atoms with E-state index in [1.807, 2.05) is 18.2 Å². The summed E-state index contributed by atoms with van der Waals surface area (Å²) in [6.07, 6.45) is 0.818. The average molecular weight is 219 g/mol. The van der Waals surface area contributed by atoms with Crippen LogP contribution in [0.1, 0.15) is 27.9 Å². The maximum Gasteiger partial charge on any atom is 0.251 e. The molecule has 0 saturated heterocycles. The third kappa shape index (κ3) is 2.40. The maximum atomic E-state index is 11.7. The van der Waals surface area contributed by atoms with E-state index in [2.05, 4.69) is 10.6 Å². The van der Waals surface area contributed by atoms with E-state index in [0.717, 1.165) is 25.1 Å². The van der Waals surface area contributed by atoms with Gasteiger partial charge in [0.05, 0.1) is 0 Å². The predicted molar refractivity (Wildman–Crippen MR) is 63.0 cm³/mol. The minimum absolute atomic E-state index is 0.0110. The second kappa shape index (κ2) is 5.09. The molecule has 1 aliphatic heterocycles. The van der Waals surface area contributed by atoms with Crippen LogP contribution in [-0.2, 0) is 13.1 Å². The quantitative estimate of drug-likeness (QED) is 0.641. The van der Waals surface area contributed by atoms with Gasteiger partial charge in [-0.3, -0.25) is 4.79 Å². The highest BCUT2D eigenvalue weighted by molar-refractivity contribution is 5.94. The number of nitrogens with two attached hydrogens (primary N) is 1. The van der Waals surface area contributed by atoms with Crippen LogP contribution < -0.4 is 16.4 Å². The fraction of sp³-hybridized carbons (Fsp3) is 0.417. The van der Waals surface area contributed by atoms with Crippen LogP contribution >= 0.6 is 0 Å². The number of carbonyl (C=O) groups is 1. The van der Waals surface area contributed by atoms with Crippen molar-refractivity contribution in [2.45, 2.75) is 19.5 Å². The summed E-state index contributed by atoms with van der Waals surface area (Å²) in [6, 6.07) is 5.86. The summed E-state index contributed by atoms with van der Waals surface area (Å²) in [4.78, 5) is 11.7. The van der Waals surface area contributed by atoms with Crippen molar-refractivity contribution in [3.05, 3.63) is 34.9 Å². The van der Waals surface area contributed by atoms with E-state index in [-0.39, 0.29) is 5.91 Å². The Morgan fingerprint density at radius 3 is 3.00 bits per heavy atom. The van der Waals surface area contributed by atoms with Gasteiger partial charge >= 0.3 is 0 Å². The molecule has 4 N–H and O–H groups in total. The van der Waals surface area contributed by atoms with Crippen molar-refractivity contribution >= 4 is 5.91 Å². The first kappa shape index (κ1) is 11.1. The van der Waals surface area contributed by atoms with Crippen molar-refractivity contribution in [2.75, 3.05) is 13.1 Å². The second-order valence-corrected chi connectivity index (χ2v) is 3.99. The van der Waals surface area contributed by atoms with E-state index in [1.165, 1.54) is 11.1 Å². The number of benzene rings is 1. The normalized spacial score (nSPS) is 13.6. The Kier molecular flexibility index (Phi) is 3.54. The zero-order valence-corrected chi connectivity index (χ0v) is 9.25. The molecule has 0 atom stereocenters. The monoisotopic (exact) mass is 219 g/mol. The molecule has 86 valence electrons. The molecule has 2 rings (SSSR count). The molecule has 16 heavy (non-hydrogen) atoms. The minimum atomic E-state index is -0.0110. The van der Waals surface area contributed by atoms with E-state index in [0.29, 0.717) is 13.1 Å². The highest BCUT2D eigenvalue weighted by Gasteiger charge is 2.12. The molecule has 0 bridgehead atoms. The molecular weight excluding hydrogens is 202 g/mol. The molecule has 0 fully saturated rings. The topological polar surface area (TPSA) is 67.1 Å². The summed E-state index contributed by atoms with van der Waals surface area (Å²) >= 11 is 0. The average Bonchev–Trinajstić information content (AvgIpc) is 2.76. The Balaban J connectivity index is 2.01. The SMILES string of the molecule is NCCCNC(=O)c1ccc2c(c1)CNC2. The summed E-state index contributed by atoms with van der Waals surface area (Å²) in [5.74, 6) is -0.0110. The Morgan fingerprint density at radius 2 is 2.19 bits per heavy atom. The van der Waals surface area contributed by atoms with E-state index >= 15 is 0 Å². The number of rotatable bonds is 4. The van der Waals surface area contributed by atoms with Gasteiger partial charge in [0.15, 0.2) is 0 Å². The third-order valence-corrected chi connectivity index (χ3v) is 2.77. The predicted octanol–water partition coefficient (Wildman–Crippen LogP) is 0.368. The van der Waals surface area contributed by atoms with Gasteiger partial charge in [-0.25, -0.2) is 0 Å². The number of fused-ring (bicyclic) bond motifs is 1. The first-order valence-corrected chi connectivity index (χ1v) is 5.62. The molecule has 4 heteroatoms. The van der Waals surface area contributed by atoms with Gasteiger partial charge in [0.25, 0.3) is 5.91 Å². The fourth-order valence-electron chi connectivity index (χ4n) is 1.84. The first-order chi connectivity index (χ1) is 7.81. The molecular formula is C12H17N3O. The smallest absolute Gasteiger partial charge is 0.251 e. The zero-order chi connectivity index (χ0) is 11.4. The molecule has 1 aliphatic rings. The molecule has 1 aromatic rings. The van der Waals surface area contributed by atoms with E-state index in [4.69, 9.17) is 5.73 Å². The van der Waals surface area contributed by atoms with Crippen molar-refractivity contribution in [1.29, 1.82) is 0 Å². The molecule has 4 nitrogen and oxygen atoms in total. The van der Waals surface area contributed by atoms with E-state index < -0.39 is 0 Å². The summed E-state index contributed by atoms with van der Waals surface area (Å²) in [5, 5.41) is 6.11. The van der Waals surface area contributed by atoms with Crippen LogP contribution in [0.5, 0.6) is 0 Å². The lowest BCUT2D eigenvalue weighted by Gasteiger charge is -2.05. The molecule has 0 radical (unpaired) electrons. The molecule has 0 saturated carbocycles. The molecule has 0 aliphatic carbocycles. The maximum absolute atomic E-state index is 11.7. The lowest BCUT2D eigenvalue weighted by molar-refractivity contribution is 0.0953. The summed E-state index contributed by atoms with van der Waals surface area (Å²) < 4.78 is 0. The van der Waals surface area contributed by atoms with Crippen LogP contribution in [0, 0.1) is 0 Å². The van der Waals surface area contributed by atoms with Crippen LogP contribution in [0.15, 0.2) is 18.2 Å². The van der Waals surface area contributed by atoms with Gasteiger partial charge in [-0.05, 0) is 36.2 Å². The van der Waals surface area contributed by atoms with Crippen molar-refractivity contribution < 1.29 is 4.79 Å². The van der Waals surface area contributed by atoms with Crippen LogP contribution in [0.3, 0.4) is 0 Å². The highest BCUT2D eigenvalue weighted by atomic mass is 16.1. The Labute approximate surface area is 95.2 Å². The van der Waals surface area contributed by atoms with Gasteiger partial charge in [0, 0.05) is 25.2 Å². The van der Waals surface area contributed by atoms with E-state index in [1.54, 1.807) is 0 Å². The third-order valence-electron chi connectivity index (χ3n) is 2.77. The standard InChI is InChI=1S/C12H17N3O/c13-4-1-5-15-12(16)9-2-3-10-7-14-8-11(10)6-9/h2-3,6,14H,1,4-5,7-8,13H2,(H,15,16).